The molecule has 2 heterocycles. The fourth-order valence-corrected chi connectivity index (χ4v) is 2.29. The summed E-state index contributed by atoms with van der Waals surface area (Å²) in [6.07, 6.45) is 3.20. The highest BCUT2D eigenvalue weighted by molar-refractivity contribution is 6.42. The van der Waals surface area contributed by atoms with Crippen LogP contribution in [0.15, 0.2) is 12.4 Å². The van der Waals surface area contributed by atoms with E-state index < -0.39 is 0 Å². The summed E-state index contributed by atoms with van der Waals surface area (Å²) in [5.74, 6) is 0.0369. The topological polar surface area (TPSA) is 45.2 Å². The lowest BCUT2D eigenvalue weighted by Gasteiger charge is -2.31. The van der Waals surface area contributed by atoms with Crippen LogP contribution in [0.3, 0.4) is 0 Å². The molecule has 1 N–H and O–H groups in total. The lowest BCUT2D eigenvalue weighted by Crippen LogP contribution is -2.52. The number of hydrogen-bond acceptors (Lipinski definition) is 3. The number of piperazine rings is 1. The zero-order valence-corrected chi connectivity index (χ0v) is 10.9. The Morgan fingerprint density at radius 1 is 1.53 bits per heavy atom. The SMILES string of the molecule is CC1CN(Cc2cncc(Cl)c2Cl)CC(=O)N1. The van der Waals surface area contributed by atoms with E-state index in [1.165, 1.54) is 6.20 Å². The van der Waals surface area contributed by atoms with E-state index in [0.717, 1.165) is 12.1 Å². The van der Waals surface area contributed by atoms with Crippen LogP contribution in [-0.4, -0.2) is 34.9 Å². The molecule has 6 heteroatoms. The molecular weight excluding hydrogens is 261 g/mol. The quantitative estimate of drug-likeness (QED) is 0.893. The van der Waals surface area contributed by atoms with Crippen molar-refractivity contribution in [1.29, 1.82) is 0 Å². The van der Waals surface area contributed by atoms with Crippen LogP contribution in [-0.2, 0) is 11.3 Å². The number of amides is 1. The van der Waals surface area contributed by atoms with Gasteiger partial charge in [0.05, 0.1) is 16.6 Å². The van der Waals surface area contributed by atoms with Gasteiger partial charge < -0.3 is 5.32 Å². The fourth-order valence-electron chi connectivity index (χ4n) is 1.95. The Kier molecular flexibility index (Phi) is 3.86. The lowest BCUT2D eigenvalue weighted by molar-refractivity contribution is -0.125. The molecule has 92 valence electrons. The van der Waals surface area contributed by atoms with E-state index >= 15 is 0 Å². The van der Waals surface area contributed by atoms with Gasteiger partial charge in [0.2, 0.25) is 5.91 Å². The van der Waals surface area contributed by atoms with Gasteiger partial charge in [-0.3, -0.25) is 14.7 Å². The maximum atomic E-state index is 11.4. The fraction of sp³-hybridized carbons (Fsp3) is 0.455. The summed E-state index contributed by atoms with van der Waals surface area (Å²) in [6, 6.07) is 0.155. The van der Waals surface area contributed by atoms with E-state index in [1.54, 1.807) is 6.20 Å². The van der Waals surface area contributed by atoms with Gasteiger partial charge in [-0.05, 0) is 6.92 Å². The molecule has 1 atom stereocenters. The standard InChI is InChI=1S/C11H13Cl2N3O/c1-7-4-16(6-10(17)15-7)5-8-2-14-3-9(12)11(8)13/h2-3,7H,4-6H2,1H3,(H,15,17). The molecule has 17 heavy (non-hydrogen) atoms. The van der Waals surface area contributed by atoms with Gasteiger partial charge in [0.15, 0.2) is 0 Å². The van der Waals surface area contributed by atoms with Gasteiger partial charge in [-0.1, -0.05) is 23.2 Å². The van der Waals surface area contributed by atoms with E-state index in [4.69, 9.17) is 23.2 Å². The number of halogens is 2. The Balaban J connectivity index is 2.10. The molecule has 0 aromatic carbocycles. The third-order valence-electron chi connectivity index (χ3n) is 2.61. The number of carbonyl (C=O) groups is 1. The first-order chi connectivity index (χ1) is 8.06. The third kappa shape index (κ3) is 3.09. The summed E-state index contributed by atoms with van der Waals surface area (Å²) >= 11 is 12.0. The zero-order chi connectivity index (χ0) is 12.4. The second-order valence-electron chi connectivity index (χ2n) is 4.23. The van der Waals surface area contributed by atoms with Crippen LogP contribution in [0.5, 0.6) is 0 Å². The van der Waals surface area contributed by atoms with Crippen LogP contribution in [0.1, 0.15) is 12.5 Å². The second kappa shape index (κ2) is 5.21. The molecule has 1 unspecified atom stereocenters. The summed E-state index contributed by atoms with van der Waals surface area (Å²) < 4.78 is 0. The first-order valence-corrected chi connectivity index (χ1v) is 6.11. The van der Waals surface area contributed by atoms with Gasteiger partial charge in [-0.15, -0.1) is 0 Å². The summed E-state index contributed by atoms with van der Waals surface area (Å²) in [6.45, 7) is 3.74. The molecular formula is C11H13Cl2N3O. The van der Waals surface area contributed by atoms with Crippen LogP contribution in [0.2, 0.25) is 10.0 Å². The molecule has 0 aliphatic carbocycles. The minimum absolute atomic E-state index is 0.0369. The van der Waals surface area contributed by atoms with E-state index in [9.17, 15) is 4.79 Å². The summed E-state index contributed by atoms with van der Waals surface area (Å²) in [7, 11) is 0. The van der Waals surface area contributed by atoms with E-state index in [0.29, 0.717) is 23.1 Å². The smallest absolute Gasteiger partial charge is 0.234 e. The van der Waals surface area contributed by atoms with Crippen LogP contribution >= 0.6 is 23.2 Å². The van der Waals surface area contributed by atoms with Crippen molar-refractivity contribution in [2.45, 2.75) is 19.5 Å². The van der Waals surface area contributed by atoms with Gasteiger partial charge in [-0.25, -0.2) is 0 Å². The van der Waals surface area contributed by atoms with Gasteiger partial charge >= 0.3 is 0 Å². The van der Waals surface area contributed by atoms with Crippen LogP contribution < -0.4 is 5.32 Å². The highest BCUT2D eigenvalue weighted by atomic mass is 35.5. The predicted molar refractivity (Wildman–Crippen MR) is 67.1 cm³/mol. The monoisotopic (exact) mass is 273 g/mol. The minimum atomic E-state index is 0.0369. The molecule has 1 saturated heterocycles. The van der Waals surface area contributed by atoms with Crippen molar-refractivity contribution in [2.24, 2.45) is 0 Å². The Morgan fingerprint density at radius 3 is 3.00 bits per heavy atom. The summed E-state index contributed by atoms with van der Waals surface area (Å²) in [5.41, 5.74) is 0.848. The van der Waals surface area contributed by atoms with Crippen molar-refractivity contribution in [1.82, 2.24) is 15.2 Å². The predicted octanol–water partition coefficient (Wildman–Crippen LogP) is 1.71. The Morgan fingerprint density at radius 2 is 2.29 bits per heavy atom. The molecule has 1 fully saturated rings. The van der Waals surface area contributed by atoms with Crippen molar-refractivity contribution in [3.05, 3.63) is 28.0 Å². The van der Waals surface area contributed by atoms with Crippen molar-refractivity contribution in [3.8, 4) is 0 Å². The minimum Gasteiger partial charge on any atom is -0.351 e. The first-order valence-electron chi connectivity index (χ1n) is 5.36. The molecule has 0 saturated carbocycles. The average molecular weight is 274 g/mol. The van der Waals surface area contributed by atoms with Crippen molar-refractivity contribution < 1.29 is 4.79 Å². The third-order valence-corrected chi connectivity index (χ3v) is 3.44. The number of carbonyl (C=O) groups excluding carboxylic acids is 1. The van der Waals surface area contributed by atoms with Crippen molar-refractivity contribution in [3.63, 3.8) is 0 Å². The maximum absolute atomic E-state index is 11.4. The van der Waals surface area contributed by atoms with Gasteiger partial charge in [0.1, 0.15) is 0 Å². The van der Waals surface area contributed by atoms with E-state index in [-0.39, 0.29) is 11.9 Å². The average Bonchev–Trinajstić information content (AvgIpc) is 2.23. The normalized spacial score (nSPS) is 21.4. The number of rotatable bonds is 2. The van der Waals surface area contributed by atoms with E-state index in [2.05, 4.69) is 10.3 Å². The number of aromatic nitrogens is 1. The molecule has 1 aromatic rings. The largest absolute Gasteiger partial charge is 0.351 e. The van der Waals surface area contributed by atoms with Crippen LogP contribution in [0, 0.1) is 0 Å². The van der Waals surface area contributed by atoms with Crippen LogP contribution in [0.4, 0.5) is 0 Å². The molecule has 1 aliphatic heterocycles. The number of nitrogens with zero attached hydrogens (tertiary/aromatic N) is 2. The lowest BCUT2D eigenvalue weighted by atomic mass is 10.2. The Bertz CT molecular complexity index is 439. The van der Waals surface area contributed by atoms with Crippen LogP contribution in [0.25, 0.3) is 0 Å². The van der Waals surface area contributed by atoms with Gasteiger partial charge in [0, 0.05) is 37.1 Å². The maximum Gasteiger partial charge on any atom is 0.234 e. The van der Waals surface area contributed by atoms with Crippen molar-refractivity contribution >= 4 is 29.1 Å². The second-order valence-corrected chi connectivity index (χ2v) is 5.02. The zero-order valence-electron chi connectivity index (χ0n) is 9.41. The highest BCUT2D eigenvalue weighted by Gasteiger charge is 2.22. The number of nitrogens with one attached hydrogen (secondary N) is 1. The Labute approximate surface area is 110 Å². The number of hydrogen-bond donors (Lipinski definition) is 1. The molecule has 1 aliphatic rings. The summed E-state index contributed by atoms with van der Waals surface area (Å²) in [4.78, 5) is 17.4. The molecule has 1 amide bonds. The molecule has 0 radical (unpaired) electrons. The van der Waals surface area contributed by atoms with Gasteiger partial charge in [0.25, 0.3) is 0 Å². The first kappa shape index (κ1) is 12.6. The molecule has 0 spiro atoms. The molecule has 2 rings (SSSR count). The number of pyridine rings is 1. The molecule has 1 aromatic heterocycles. The Hall–Kier alpha value is -0.840. The van der Waals surface area contributed by atoms with Gasteiger partial charge in [-0.2, -0.15) is 0 Å². The van der Waals surface area contributed by atoms with E-state index in [1.807, 2.05) is 11.8 Å². The summed E-state index contributed by atoms with van der Waals surface area (Å²) in [5, 5.41) is 3.82. The van der Waals surface area contributed by atoms with Crippen molar-refractivity contribution in [2.75, 3.05) is 13.1 Å². The molecule has 0 bridgehead atoms. The molecule has 4 nitrogen and oxygen atoms in total. The highest BCUT2D eigenvalue weighted by Crippen LogP contribution is 2.25.